The molecule has 0 bridgehead atoms. The molecule has 1 heterocycles. The molecule has 0 aliphatic heterocycles. The van der Waals surface area contributed by atoms with E-state index in [0.717, 1.165) is 48.9 Å². The minimum atomic E-state index is -0.134. The second-order valence-corrected chi connectivity index (χ2v) is 6.49. The summed E-state index contributed by atoms with van der Waals surface area (Å²) in [5.41, 5.74) is 0. The summed E-state index contributed by atoms with van der Waals surface area (Å²) in [5, 5.41) is 13.5. The van der Waals surface area contributed by atoms with Crippen molar-refractivity contribution in [3.05, 3.63) is 11.7 Å². The van der Waals surface area contributed by atoms with E-state index in [1.807, 2.05) is 11.8 Å². The number of thioether (sulfide) groups is 1. The molecule has 0 unspecified atom stereocenters. The average molecular weight is 270 g/mol. The highest BCUT2D eigenvalue weighted by atomic mass is 32.2. The van der Waals surface area contributed by atoms with Crippen molar-refractivity contribution in [2.45, 2.75) is 57.3 Å². The fraction of sp³-hybridized carbons (Fsp3) is 0.846. The van der Waals surface area contributed by atoms with Gasteiger partial charge in [0.05, 0.1) is 11.9 Å². The zero-order chi connectivity index (χ0) is 13.0. The summed E-state index contributed by atoms with van der Waals surface area (Å²) in [4.78, 5) is 4.48. The number of rotatable bonds is 5. The fourth-order valence-corrected chi connectivity index (χ4v) is 3.09. The zero-order valence-corrected chi connectivity index (χ0v) is 11.9. The molecule has 1 fully saturated rings. The molecule has 1 aromatic heterocycles. The number of hydrogen-bond donors (Lipinski definition) is 1. The van der Waals surface area contributed by atoms with Crippen LogP contribution >= 0.6 is 11.8 Å². The van der Waals surface area contributed by atoms with Crippen molar-refractivity contribution < 1.29 is 9.63 Å². The third kappa shape index (κ3) is 3.99. The predicted molar refractivity (Wildman–Crippen MR) is 72.5 cm³/mol. The first-order valence-electron chi connectivity index (χ1n) is 6.73. The molecule has 2 rings (SSSR count). The summed E-state index contributed by atoms with van der Waals surface area (Å²) in [6, 6.07) is 0. The molecule has 1 aliphatic rings. The largest absolute Gasteiger partial charge is 0.393 e. The normalized spacial score (nSPS) is 24.7. The number of hydrogen-bond acceptors (Lipinski definition) is 5. The summed E-state index contributed by atoms with van der Waals surface area (Å²) in [6.45, 7) is 4.42. The van der Waals surface area contributed by atoms with E-state index < -0.39 is 0 Å². The van der Waals surface area contributed by atoms with Crippen LogP contribution < -0.4 is 0 Å². The van der Waals surface area contributed by atoms with Crippen LogP contribution in [0.4, 0.5) is 0 Å². The van der Waals surface area contributed by atoms with Crippen molar-refractivity contribution >= 4 is 11.8 Å². The zero-order valence-electron chi connectivity index (χ0n) is 11.1. The Morgan fingerprint density at radius 1 is 1.33 bits per heavy atom. The van der Waals surface area contributed by atoms with Gasteiger partial charge in [-0.3, -0.25) is 0 Å². The van der Waals surface area contributed by atoms with Gasteiger partial charge in [-0.15, -0.1) is 0 Å². The van der Waals surface area contributed by atoms with Crippen LogP contribution in [-0.4, -0.2) is 27.1 Å². The molecule has 0 aromatic carbocycles. The van der Waals surface area contributed by atoms with Gasteiger partial charge in [0, 0.05) is 5.92 Å². The van der Waals surface area contributed by atoms with Gasteiger partial charge >= 0.3 is 0 Å². The van der Waals surface area contributed by atoms with Crippen LogP contribution in [-0.2, 0) is 5.75 Å². The van der Waals surface area contributed by atoms with Crippen LogP contribution in [0.25, 0.3) is 0 Å². The highest BCUT2D eigenvalue weighted by Gasteiger charge is 2.25. The summed E-state index contributed by atoms with van der Waals surface area (Å²) < 4.78 is 5.34. The summed E-state index contributed by atoms with van der Waals surface area (Å²) in [7, 11) is 0. The number of aliphatic hydroxyl groups is 1. The smallest absolute Gasteiger partial charge is 0.229 e. The topological polar surface area (TPSA) is 59.2 Å². The van der Waals surface area contributed by atoms with Crippen LogP contribution in [0.2, 0.25) is 0 Å². The van der Waals surface area contributed by atoms with E-state index in [1.54, 1.807) is 0 Å². The molecule has 1 saturated carbocycles. The minimum absolute atomic E-state index is 0.134. The molecule has 0 spiro atoms. The van der Waals surface area contributed by atoms with Gasteiger partial charge in [-0.1, -0.05) is 19.0 Å². The molecule has 0 radical (unpaired) electrons. The van der Waals surface area contributed by atoms with Crippen molar-refractivity contribution in [1.82, 2.24) is 10.1 Å². The lowest BCUT2D eigenvalue weighted by Gasteiger charge is -2.22. The lowest BCUT2D eigenvalue weighted by Crippen LogP contribution is -2.17. The molecule has 102 valence electrons. The Morgan fingerprint density at radius 2 is 2.06 bits per heavy atom. The van der Waals surface area contributed by atoms with E-state index in [-0.39, 0.29) is 6.10 Å². The molecule has 0 saturated heterocycles. The fourth-order valence-electron chi connectivity index (χ4n) is 2.20. The average Bonchev–Trinajstić information content (AvgIpc) is 2.78. The van der Waals surface area contributed by atoms with Crippen molar-refractivity contribution in [2.24, 2.45) is 5.92 Å². The van der Waals surface area contributed by atoms with Crippen LogP contribution in [0.3, 0.4) is 0 Å². The Hall–Kier alpha value is -0.550. The number of nitrogens with zero attached hydrogens (tertiary/aromatic N) is 2. The maximum atomic E-state index is 9.48. The molecule has 0 amide bonds. The van der Waals surface area contributed by atoms with Gasteiger partial charge in [0.2, 0.25) is 5.89 Å². The lowest BCUT2D eigenvalue weighted by molar-refractivity contribution is 0.116. The Kier molecular flexibility index (Phi) is 5.06. The minimum Gasteiger partial charge on any atom is -0.393 e. The molecule has 1 aromatic rings. The SMILES string of the molecule is CC(C)CSCc1noc(C2CCC(O)CC2)n1. The maximum Gasteiger partial charge on any atom is 0.229 e. The second-order valence-electron chi connectivity index (χ2n) is 5.46. The van der Waals surface area contributed by atoms with E-state index in [4.69, 9.17) is 4.52 Å². The monoisotopic (exact) mass is 270 g/mol. The summed E-state index contributed by atoms with van der Waals surface area (Å²) in [5.74, 6) is 4.58. The van der Waals surface area contributed by atoms with E-state index in [1.165, 1.54) is 0 Å². The molecule has 5 heteroatoms. The Balaban J connectivity index is 1.82. The highest BCUT2D eigenvalue weighted by molar-refractivity contribution is 7.98. The second kappa shape index (κ2) is 6.57. The summed E-state index contributed by atoms with van der Waals surface area (Å²) in [6.07, 6.45) is 3.49. The quantitative estimate of drug-likeness (QED) is 0.891. The lowest BCUT2D eigenvalue weighted by atomic mass is 9.87. The third-order valence-corrected chi connectivity index (χ3v) is 4.58. The van der Waals surface area contributed by atoms with Crippen LogP contribution in [0.5, 0.6) is 0 Å². The van der Waals surface area contributed by atoms with Gasteiger partial charge in [-0.2, -0.15) is 16.7 Å². The van der Waals surface area contributed by atoms with Crippen molar-refractivity contribution in [3.63, 3.8) is 0 Å². The van der Waals surface area contributed by atoms with E-state index >= 15 is 0 Å². The Labute approximate surface area is 113 Å². The molecule has 4 nitrogen and oxygen atoms in total. The first-order chi connectivity index (χ1) is 8.65. The Morgan fingerprint density at radius 3 is 2.72 bits per heavy atom. The first kappa shape index (κ1) is 13.9. The number of aliphatic hydroxyl groups excluding tert-OH is 1. The molecular weight excluding hydrogens is 248 g/mol. The van der Waals surface area contributed by atoms with Gasteiger partial charge < -0.3 is 9.63 Å². The molecular formula is C13H22N2O2S. The molecule has 0 atom stereocenters. The van der Waals surface area contributed by atoms with E-state index in [2.05, 4.69) is 24.0 Å². The van der Waals surface area contributed by atoms with Crippen molar-refractivity contribution in [1.29, 1.82) is 0 Å². The first-order valence-corrected chi connectivity index (χ1v) is 7.89. The maximum absolute atomic E-state index is 9.48. The van der Waals surface area contributed by atoms with Gasteiger partial charge in [0.15, 0.2) is 5.82 Å². The highest BCUT2D eigenvalue weighted by Crippen LogP contribution is 2.32. The molecule has 1 aliphatic carbocycles. The standard InChI is InChI=1S/C13H22N2O2S/c1-9(2)7-18-8-12-14-13(17-15-12)10-3-5-11(16)6-4-10/h9-11,16H,3-8H2,1-2H3. The van der Waals surface area contributed by atoms with Gasteiger partial charge in [0.1, 0.15) is 0 Å². The van der Waals surface area contributed by atoms with Gasteiger partial charge in [0.25, 0.3) is 0 Å². The van der Waals surface area contributed by atoms with Crippen LogP contribution in [0.1, 0.15) is 57.2 Å². The van der Waals surface area contributed by atoms with Crippen LogP contribution in [0.15, 0.2) is 4.52 Å². The van der Waals surface area contributed by atoms with E-state index in [0.29, 0.717) is 11.8 Å². The third-order valence-electron chi connectivity index (χ3n) is 3.21. The molecule has 18 heavy (non-hydrogen) atoms. The summed E-state index contributed by atoms with van der Waals surface area (Å²) >= 11 is 1.85. The van der Waals surface area contributed by atoms with E-state index in [9.17, 15) is 5.11 Å². The Bertz CT molecular complexity index is 360. The van der Waals surface area contributed by atoms with Crippen molar-refractivity contribution in [3.8, 4) is 0 Å². The van der Waals surface area contributed by atoms with Crippen molar-refractivity contribution in [2.75, 3.05) is 5.75 Å². The number of aromatic nitrogens is 2. The predicted octanol–water partition coefficient (Wildman–Crippen LogP) is 2.98. The van der Waals surface area contributed by atoms with Crippen LogP contribution in [0, 0.1) is 5.92 Å². The van der Waals surface area contributed by atoms with Gasteiger partial charge in [-0.05, 0) is 37.4 Å². The van der Waals surface area contributed by atoms with Gasteiger partial charge in [-0.25, -0.2) is 0 Å². The molecule has 1 N–H and O–H groups in total.